The van der Waals surface area contributed by atoms with Crippen LogP contribution in [0.5, 0.6) is 0 Å². The average molecular weight is 396 g/mol. The number of nitrogens with one attached hydrogen (secondary N) is 2. The van der Waals surface area contributed by atoms with E-state index in [2.05, 4.69) is 34.5 Å². The molecule has 4 nitrogen and oxygen atoms in total. The van der Waals surface area contributed by atoms with Crippen LogP contribution in [-0.2, 0) is 0 Å². The van der Waals surface area contributed by atoms with Crippen molar-refractivity contribution < 1.29 is 0 Å². The van der Waals surface area contributed by atoms with Crippen molar-refractivity contribution in [1.29, 1.82) is 0 Å². The third-order valence-corrected chi connectivity index (χ3v) is 3.94. The number of guanidine groups is 1. The summed E-state index contributed by atoms with van der Waals surface area (Å²) in [5, 5.41) is 6.87. The summed E-state index contributed by atoms with van der Waals surface area (Å²) in [4.78, 5) is 6.70. The fourth-order valence-corrected chi connectivity index (χ4v) is 2.49. The molecule has 0 aliphatic carbocycles. The minimum atomic E-state index is 0. The lowest BCUT2D eigenvalue weighted by atomic mass is 9.97. The first-order chi connectivity index (χ1) is 9.26. The Hall–Kier alpha value is -0.0400. The lowest BCUT2D eigenvalue weighted by Gasteiger charge is -2.29. The molecule has 1 aliphatic heterocycles. The molecule has 0 saturated carbocycles. The summed E-state index contributed by atoms with van der Waals surface area (Å²) in [6, 6.07) is 0. The molecule has 1 heterocycles. The number of likely N-dealkylation sites (tertiary alicyclic amines) is 1. The lowest BCUT2D eigenvalue weighted by Crippen LogP contribution is -2.42. The minimum Gasteiger partial charge on any atom is -0.356 e. The zero-order valence-corrected chi connectivity index (χ0v) is 15.8. The van der Waals surface area contributed by atoms with E-state index in [0.29, 0.717) is 0 Å². The highest BCUT2D eigenvalue weighted by atomic mass is 127. The van der Waals surface area contributed by atoms with Crippen molar-refractivity contribution >= 4 is 29.9 Å². The quantitative estimate of drug-likeness (QED) is 0.301. The van der Waals surface area contributed by atoms with E-state index in [9.17, 15) is 0 Å². The average Bonchev–Trinajstić information content (AvgIpc) is 2.44. The zero-order chi connectivity index (χ0) is 13.9. The molecule has 20 heavy (non-hydrogen) atoms. The topological polar surface area (TPSA) is 39.7 Å². The largest absolute Gasteiger partial charge is 0.356 e. The van der Waals surface area contributed by atoms with E-state index < -0.39 is 0 Å². The molecule has 5 heteroatoms. The number of hydrogen-bond donors (Lipinski definition) is 2. The molecule has 0 aromatic heterocycles. The molecular formula is C15H33IN4. The monoisotopic (exact) mass is 396 g/mol. The van der Waals surface area contributed by atoms with Gasteiger partial charge in [-0.05, 0) is 45.3 Å². The molecule has 1 rings (SSSR count). The normalized spacial score (nSPS) is 17.6. The van der Waals surface area contributed by atoms with E-state index in [1.54, 1.807) is 0 Å². The fraction of sp³-hybridized carbons (Fsp3) is 0.933. The van der Waals surface area contributed by atoms with Crippen molar-refractivity contribution in [3.05, 3.63) is 0 Å². The number of piperidine rings is 1. The van der Waals surface area contributed by atoms with Gasteiger partial charge in [0.25, 0.3) is 0 Å². The van der Waals surface area contributed by atoms with Crippen LogP contribution in [0.4, 0.5) is 0 Å². The number of unbranched alkanes of at least 4 members (excludes halogenated alkanes) is 3. The maximum absolute atomic E-state index is 4.29. The molecule has 2 N–H and O–H groups in total. The zero-order valence-electron chi connectivity index (χ0n) is 13.5. The number of halogens is 1. The van der Waals surface area contributed by atoms with Crippen LogP contribution >= 0.6 is 24.0 Å². The Morgan fingerprint density at radius 2 is 1.85 bits per heavy atom. The molecule has 0 unspecified atom stereocenters. The summed E-state index contributed by atoms with van der Waals surface area (Å²) < 4.78 is 0. The molecular weight excluding hydrogens is 363 g/mol. The fourth-order valence-electron chi connectivity index (χ4n) is 2.49. The Balaban J connectivity index is 0.00000361. The van der Waals surface area contributed by atoms with Crippen LogP contribution in [0.2, 0.25) is 0 Å². The second-order valence-electron chi connectivity index (χ2n) is 5.69. The Morgan fingerprint density at radius 3 is 2.45 bits per heavy atom. The summed E-state index contributed by atoms with van der Waals surface area (Å²) in [6.07, 6.45) is 7.79. The highest BCUT2D eigenvalue weighted by molar-refractivity contribution is 14.0. The van der Waals surface area contributed by atoms with Crippen LogP contribution in [0.25, 0.3) is 0 Å². The van der Waals surface area contributed by atoms with Gasteiger partial charge >= 0.3 is 0 Å². The van der Waals surface area contributed by atoms with Gasteiger partial charge in [-0.2, -0.15) is 0 Å². The smallest absolute Gasteiger partial charge is 0.190 e. The van der Waals surface area contributed by atoms with Gasteiger partial charge in [0.2, 0.25) is 0 Å². The minimum absolute atomic E-state index is 0. The van der Waals surface area contributed by atoms with Crippen LogP contribution in [0.3, 0.4) is 0 Å². The Bertz CT molecular complexity index is 250. The van der Waals surface area contributed by atoms with Gasteiger partial charge < -0.3 is 15.5 Å². The van der Waals surface area contributed by atoms with Gasteiger partial charge in [-0.3, -0.25) is 4.99 Å². The van der Waals surface area contributed by atoms with Crippen molar-refractivity contribution in [3.8, 4) is 0 Å². The van der Waals surface area contributed by atoms with Crippen molar-refractivity contribution in [1.82, 2.24) is 15.5 Å². The van der Waals surface area contributed by atoms with Gasteiger partial charge in [-0.25, -0.2) is 0 Å². The molecule has 1 saturated heterocycles. The first kappa shape index (κ1) is 20.0. The van der Waals surface area contributed by atoms with Gasteiger partial charge in [0.1, 0.15) is 0 Å². The molecule has 0 aromatic rings. The number of rotatable bonds is 7. The van der Waals surface area contributed by atoms with Crippen LogP contribution in [0.15, 0.2) is 4.99 Å². The predicted molar refractivity (Wildman–Crippen MR) is 99.1 cm³/mol. The SMILES string of the molecule is CCCCCCNC(=NC)NCC1CCN(C)CC1.I. The third kappa shape index (κ3) is 9.00. The molecule has 0 atom stereocenters. The lowest BCUT2D eigenvalue weighted by molar-refractivity contribution is 0.220. The van der Waals surface area contributed by atoms with Crippen molar-refractivity contribution in [2.75, 3.05) is 40.3 Å². The maximum Gasteiger partial charge on any atom is 0.190 e. The molecule has 0 aromatic carbocycles. The van der Waals surface area contributed by atoms with Crippen LogP contribution < -0.4 is 10.6 Å². The second kappa shape index (κ2) is 12.7. The highest BCUT2D eigenvalue weighted by Gasteiger charge is 2.16. The van der Waals surface area contributed by atoms with Gasteiger partial charge in [-0.15, -0.1) is 24.0 Å². The second-order valence-corrected chi connectivity index (χ2v) is 5.69. The first-order valence-electron chi connectivity index (χ1n) is 7.89. The van der Waals surface area contributed by atoms with E-state index in [4.69, 9.17) is 0 Å². The van der Waals surface area contributed by atoms with Crippen molar-refractivity contribution in [2.45, 2.75) is 45.4 Å². The molecule has 1 fully saturated rings. The molecule has 1 aliphatic rings. The van der Waals surface area contributed by atoms with Crippen LogP contribution in [-0.4, -0.2) is 51.1 Å². The summed E-state index contributed by atoms with van der Waals surface area (Å²) in [6.45, 7) is 6.80. The molecule has 0 amide bonds. The van der Waals surface area contributed by atoms with Gasteiger partial charge in [0.05, 0.1) is 0 Å². The molecule has 0 radical (unpaired) electrons. The standard InChI is InChI=1S/C15H32N4.HI/c1-4-5-6-7-10-17-15(16-2)18-13-14-8-11-19(3)12-9-14;/h14H,4-13H2,1-3H3,(H2,16,17,18);1H. The van der Waals surface area contributed by atoms with Crippen molar-refractivity contribution in [3.63, 3.8) is 0 Å². The van der Waals surface area contributed by atoms with Gasteiger partial charge in [0.15, 0.2) is 5.96 Å². The highest BCUT2D eigenvalue weighted by Crippen LogP contribution is 2.14. The molecule has 120 valence electrons. The van der Waals surface area contributed by atoms with Crippen LogP contribution in [0, 0.1) is 5.92 Å². The van der Waals surface area contributed by atoms with Crippen molar-refractivity contribution in [2.24, 2.45) is 10.9 Å². The summed E-state index contributed by atoms with van der Waals surface area (Å²) in [5.74, 6) is 1.77. The first-order valence-corrected chi connectivity index (χ1v) is 7.89. The maximum atomic E-state index is 4.29. The number of nitrogens with zero attached hydrogens (tertiary/aromatic N) is 2. The predicted octanol–water partition coefficient (Wildman–Crippen LogP) is 2.69. The third-order valence-electron chi connectivity index (χ3n) is 3.94. The number of hydrogen-bond acceptors (Lipinski definition) is 2. The van der Waals surface area contributed by atoms with E-state index in [1.807, 2.05) is 7.05 Å². The van der Waals surface area contributed by atoms with Gasteiger partial charge in [0, 0.05) is 20.1 Å². The van der Waals surface area contributed by atoms with Gasteiger partial charge in [-0.1, -0.05) is 26.2 Å². The Labute approximate surface area is 142 Å². The van der Waals surface area contributed by atoms with E-state index in [1.165, 1.54) is 51.6 Å². The van der Waals surface area contributed by atoms with Crippen LogP contribution in [0.1, 0.15) is 45.4 Å². The summed E-state index contributed by atoms with van der Waals surface area (Å²) in [5.41, 5.74) is 0. The summed E-state index contributed by atoms with van der Waals surface area (Å²) in [7, 11) is 4.07. The van der Waals surface area contributed by atoms with E-state index in [0.717, 1.165) is 25.0 Å². The Morgan fingerprint density at radius 1 is 1.15 bits per heavy atom. The molecule has 0 spiro atoms. The van der Waals surface area contributed by atoms with E-state index >= 15 is 0 Å². The Kier molecular flexibility index (Phi) is 12.7. The molecule has 0 bridgehead atoms. The number of aliphatic imine (C=N–C) groups is 1. The van der Waals surface area contributed by atoms with E-state index in [-0.39, 0.29) is 24.0 Å². The summed E-state index contributed by atoms with van der Waals surface area (Å²) >= 11 is 0.